The molecule has 1 spiro atoms. The summed E-state index contributed by atoms with van der Waals surface area (Å²) in [6, 6.07) is 12.1. The lowest BCUT2D eigenvalue weighted by atomic mass is 10.00. The molecule has 160 valence electrons. The van der Waals surface area contributed by atoms with E-state index >= 15 is 0 Å². The van der Waals surface area contributed by atoms with Gasteiger partial charge in [-0.05, 0) is 56.0 Å². The number of rotatable bonds is 7. The number of hydrogen-bond acceptors (Lipinski definition) is 4. The van der Waals surface area contributed by atoms with E-state index in [0.717, 1.165) is 53.1 Å². The topological polar surface area (TPSA) is 48.0 Å². The Morgan fingerprint density at radius 3 is 2.50 bits per heavy atom. The molecule has 30 heavy (non-hydrogen) atoms. The predicted molar refractivity (Wildman–Crippen MR) is 117 cm³/mol. The van der Waals surface area contributed by atoms with Crippen molar-refractivity contribution in [2.75, 3.05) is 24.7 Å². The number of anilines is 1. The minimum absolute atomic E-state index is 0.134. The molecule has 0 saturated carbocycles. The molecule has 2 heterocycles. The molecular weight excluding hydrogens is 378 g/mol. The average Bonchev–Trinajstić information content (AvgIpc) is 2.96. The van der Waals surface area contributed by atoms with E-state index in [1.807, 2.05) is 49.1 Å². The van der Waals surface area contributed by atoms with Gasteiger partial charge in [-0.2, -0.15) is 0 Å². The van der Waals surface area contributed by atoms with Crippen LogP contribution in [0.1, 0.15) is 54.9 Å². The number of carbonyl (C=O) groups excluding carboxylic acids is 1. The predicted octanol–water partition coefficient (Wildman–Crippen LogP) is 5.01. The highest BCUT2D eigenvalue weighted by atomic mass is 16.7. The highest BCUT2D eigenvalue weighted by Crippen LogP contribution is 2.47. The first-order valence-corrected chi connectivity index (χ1v) is 11.0. The maximum Gasteiger partial charge on any atom is 0.292 e. The summed E-state index contributed by atoms with van der Waals surface area (Å²) in [6.45, 7) is 8.52. The van der Waals surface area contributed by atoms with Crippen molar-refractivity contribution in [3.63, 3.8) is 0 Å². The Balaban J connectivity index is 1.57. The first-order chi connectivity index (χ1) is 14.5. The Bertz CT molecular complexity index is 900. The van der Waals surface area contributed by atoms with E-state index in [2.05, 4.69) is 13.0 Å². The summed E-state index contributed by atoms with van der Waals surface area (Å²) in [6.07, 6.45) is 4.23. The first-order valence-electron chi connectivity index (χ1n) is 11.0. The van der Waals surface area contributed by atoms with Gasteiger partial charge in [-0.25, -0.2) is 0 Å². The van der Waals surface area contributed by atoms with Gasteiger partial charge < -0.3 is 19.1 Å². The van der Waals surface area contributed by atoms with Gasteiger partial charge in [0.2, 0.25) is 0 Å². The van der Waals surface area contributed by atoms with E-state index in [9.17, 15) is 4.79 Å². The first kappa shape index (κ1) is 20.9. The Hall–Kier alpha value is -2.37. The fourth-order valence-electron chi connectivity index (χ4n) is 4.34. The molecule has 5 nitrogen and oxygen atoms in total. The number of ether oxygens (including phenoxy) is 3. The van der Waals surface area contributed by atoms with Crippen molar-refractivity contribution in [1.82, 2.24) is 0 Å². The van der Waals surface area contributed by atoms with Crippen LogP contribution in [0.2, 0.25) is 0 Å². The third-order valence-electron chi connectivity index (χ3n) is 5.78. The molecule has 1 amide bonds. The van der Waals surface area contributed by atoms with Crippen LogP contribution >= 0.6 is 0 Å². The van der Waals surface area contributed by atoms with Crippen molar-refractivity contribution in [3.05, 3.63) is 58.7 Å². The summed E-state index contributed by atoms with van der Waals surface area (Å²) in [5, 5.41) is 0. The molecule has 1 saturated heterocycles. The molecule has 2 aromatic carbocycles. The van der Waals surface area contributed by atoms with Crippen molar-refractivity contribution in [1.29, 1.82) is 0 Å². The highest BCUT2D eigenvalue weighted by molar-refractivity contribution is 6.07. The van der Waals surface area contributed by atoms with Gasteiger partial charge in [0.1, 0.15) is 5.75 Å². The summed E-state index contributed by atoms with van der Waals surface area (Å²) < 4.78 is 17.8. The number of nitrogens with zero attached hydrogens (tertiary/aromatic N) is 1. The zero-order chi connectivity index (χ0) is 21.1. The molecule has 2 aliphatic rings. The van der Waals surface area contributed by atoms with Crippen molar-refractivity contribution >= 4 is 11.6 Å². The lowest BCUT2D eigenvalue weighted by Crippen LogP contribution is -2.47. The molecule has 0 bridgehead atoms. The SMILES string of the molecule is CCCCCOc1ccc(CN2C(=O)C3(OCCCO3)c3cc(C)cc(C)c32)cc1. The third kappa shape index (κ3) is 3.84. The van der Waals surface area contributed by atoms with Crippen LogP contribution in [0.15, 0.2) is 36.4 Å². The van der Waals surface area contributed by atoms with Crippen LogP contribution in [-0.2, 0) is 26.6 Å². The zero-order valence-electron chi connectivity index (χ0n) is 18.2. The van der Waals surface area contributed by atoms with Crippen LogP contribution in [0.25, 0.3) is 0 Å². The van der Waals surface area contributed by atoms with Crippen LogP contribution in [0.3, 0.4) is 0 Å². The molecule has 4 rings (SSSR count). The molecule has 0 atom stereocenters. The quantitative estimate of drug-likeness (QED) is 0.603. The summed E-state index contributed by atoms with van der Waals surface area (Å²) in [5.41, 5.74) is 4.95. The van der Waals surface area contributed by atoms with Crippen molar-refractivity contribution in [2.45, 2.75) is 58.8 Å². The number of unbranched alkanes of at least 4 members (excludes halogenated alkanes) is 2. The number of hydrogen-bond donors (Lipinski definition) is 0. The molecule has 0 aromatic heterocycles. The smallest absolute Gasteiger partial charge is 0.292 e. The van der Waals surface area contributed by atoms with E-state index < -0.39 is 5.79 Å². The maximum absolute atomic E-state index is 13.5. The number of amides is 1. The Morgan fingerprint density at radius 2 is 1.80 bits per heavy atom. The van der Waals surface area contributed by atoms with Gasteiger partial charge in [0.05, 0.1) is 32.1 Å². The van der Waals surface area contributed by atoms with Gasteiger partial charge >= 0.3 is 0 Å². The summed E-state index contributed by atoms with van der Waals surface area (Å²) in [4.78, 5) is 15.3. The Labute approximate surface area is 178 Å². The minimum atomic E-state index is -1.30. The number of aryl methyl sites for hydroxylation is 2. The van der Waals surface area contributed by atoms with E-state index in [1.165, 1.54) is 12.8 Å². The normalized spacial score (nSPS) is 17.4. The van der Waals surface area contributed by atoms with Gasteiger partial charge in [0.15, 0.2) is 0 Å². The molecule has 0 aliphatic carbocycles. The van der Waals surface area contributed by atoms with Crippen LogP contribution in [0, 0.1) is 13.8 Å². The molecule has 1 fully saturated rings. The van der Waals surface area contributed by atoms with Gasteiger partial charge in [0.25, 0.3) is 11.7 Å². The van der Waals surface area contributed by atoms with Gasteiger partial charge in [-0.3, -0.25) is 4.79 Å². The van der Waals surface area contributed by atoms with E-state index in [1.54, 1.807) is 0 Å². The lowest BCUT2D eigenvalue weighted by Gasteiger charge is -2.32. The molecule has 0 radical (unpaired) electrons. The van der Waals surface area contributed by atoms with E-state index in [0.29, 0.717) is 19.8 Å². The monoisotopic (exact) mass is 409 g/mol. The molecule has 2 aliphatic heterocycles. The molecule has 0 N–H and O–H groups in total. The van der Waals surface area contributed by atoms with Crippen molar-refractivity contribution in [2.24, 2.45) is 0 Å². The van der Waals surface area contributed by atoms with E-state index in [4.69, 9.17) is 14.2 Å². The molecule has 2 aromatic rings. The lowest BCUT2D eigenvalue weighted by molar-refractivity contribution is -0.256. The number of carbonyl (C=O) groups is 1. The van der Waals surface area contributed by atoms with Crippen molar-refractivity contribution in [3.8, 4) is 5.75 Å². The van der Waals surface area contributed by atoms with E-state index in [-0.39, 0.29) is 5.91 Å². The third-order valence-corrected chi connectivity index (χ3v) is 5.78. The second-order valence-corrected chi connectivity index (χ2v) is 8.24. The zero-order valence-corrected chi connectivity index (χ0v) is 18.2. The second kappa shape index (κ2) is 8.78. The minimum Gasteiger partial charge on any atom is -0.494 e. The standard InChI is InChI=1S/C25H31NO4/c1-4-5-6-12-28-21-10-8-20(9-11-21)17-26-23-19(3)15-18(2)16-22(23)25(24(26)27)29-13-7-14-30-25/h8-11,15-16H,4-7,12-14,17H2,1-3H3. The summed E-state index contributed by atoms with van der Waals surface area (Å²) in [7, 11) is 0. The molecule has 0 unspecified atom stereocenters. The van der Waals surface area contributed by atoms with Crippen LogP contribution in [0.4, 0.5) is 5.69 Å². The van der Waals surface area contributed by atoms with Crippen LogP contribution in [0.5, 0.6) is 5.75 Å². The number of fused-ring (bicyclic) bond motifs is 2. The van der Waals surface area contributed by atoms with Crippen molar-refractivity contribution < 1.29 is 19.0 Å². The number of benzene rings is 2. The highest BCUT2D eigenvalue weighted by Gasteiger charge is 2.55. The summed E-state index contributed by atoms with van der Waals surface area (Å²) in [5.74, 6) is -0.566. The Kier molecular flexibility index (Phi) is 6.11. The largest absolute Gasteiger partial charge is 0.494 e. The average molecular weight is 410 g/mol. The fraction of sp³-hybridized carbons (Fsp3) is 0.480. The van der Waals surface area contributed by atoms with Gasteiger partial charge in [-0.1, -0.05) is 43.5 Å². The van der Waals surface area contributed by atoms with Gasteiger partial charge in [-0.15, -0.1) is 0 Å². The Morgan fingerprint density at radius 1 is 1.07 bits per heavy atom. The van der Waals surface area contributed by atoms with Crippen LogP contribution in [-0.4, -0.2) is 25.7 Å². The summed E-state index contributed by atoms with van der Waals surface area (Å²) >= 11 is 0. The van der Waals surface area contributed by atoms with Crippen LogP contribution < -0.4 is 9.64 Å². The fourth-order valence-corrected chi connectivity index (χ4v) is 4.34. The van der Waals surface area contributed by atoms with Gasteiger partial charge in [0, 0.05) is 5.56 Å². The molecule has 5 heteroatoms. The second-order valence-electron chi connectivity index (χ2n) is 8.24. The maximum atomic E-state index is 13.5. The molecular formula is C25H31NO4.